The van der Waals surface area contributed by atoms with Crippen LogP contribution in [0, 0.1) is 23.2 Å². The third-order valence-corrected chi connectivity index (χ3v) is 7.09. The monoisotopic (exact) mass is 247 g/mol. The molecule has 5 fully saturated rings. The molecule has 5 aliphatic rings. The van der Waals surface area contributed by atoms with Gasteiger partial charge in [-0.3, -0.25) is 0 Å². The van der Waals surface area contributed by atoms with Crippen LogP contribution in [0.4, 0.5) is 0 Å². The van der Waals surface area contributed by atoms with E-state index in [0.717, 1.165) is 17.8 Å². The van der Waals surface area contributed by atoms with Crippen LogP contribution in [0.15, 0.2) is 0 Å². The number of nitrogens with two attached hydrogens (primary N) is 1. The van der Waals surface area contributed by atoms with Crippen molar-refractivity contribution in [1.82, 2.24) is 0 Å². The zero-order valence-corrected chi connectivity index (χ0v) is 11.8. The number of rotatable bonds is 1. The zero-order chi connectivity index (χ0) is 12.2. The van der Waals surface area contributed by atoms with Crippen molar-refractivity contribution in [3.05, 3.63) is 0 Å². The van der Waals surface area contributed by atoms with Crippen molar-refractivity contribution < 1.29 is 0 Å². The van der Waals surface area contributed by atoms with Crippen molar-refractivity contribution in [3.63, 3.8) is 0 Å². The minimum Gasteiger partial charge on any atom is -0.325 e. The third-order valence-electron chi connectivity index (χ3n) is 7.09. The van der Waals surface area contributed by atoms with Crippen LogP contribution in [0.1, 0.15) is 77.0 Å². The van der Waals surface area contributed by atoms with E-state index in [2.05, 4.69) is 0 Å². The highest BCUT2D eigenvalue weighted by Gasteiger charge is 2.58. The predicted molar refractivity (Wildman–Crippen MR) is 75.2 cm³/mol. The van der Waals surface area contributed by atoms with Crippen molar-refractivity contribution in [2.24, 2.45) is 28.9 Å². The Balaban J connectivity index is 1.65. The van der Waals surface area contributed by atoms with Gasteiger partial charge in [-0.25, -0.2) is 0 Å². The first-order valence-electron chi connectivity index (χ1n) is 8.48. The summed E-state index contributed by atoms with van der Waals surface area (Å²) >= 11 is 0. The van der Waals surface area contributed by atoms with Crippen LogP contribution in [0.5, 0.6) is 0 Å². The minimum atomic E-state index is 0.222. The summed E-state index contributed by atoms with van der Waals surface area (Å²) in [4.78, 5) is 0. The summed E-state index contributed by atoms with van der Waals surface area (Å²) in [5, 5.41) is 0. The first kappa shape index (κ1) is 11.8. The van der Waals surface area contributed by atoms with Crippen LogP contribution < -0.4 is 5.73 Å². The van der Waals surface area contributed by atoms with E-state index in [4.69, 9.17) is 5.73 Å². The predicted octanol–water partition coefficient (Wildman–Crippen LogP) is 4.25. The van der Waals surface area contributed by atoms with E-state index >= 15 is 0 Å². The molecule has 0 heterocycles. The molecular formula is C17H29N. The van der Waals surface area contributed by atoms with Crippen molar-refractivity contribution in [2.45, 2.75) is 82.6 Å². The second-order valence-corrected chi connectivity index (χ2v) is 8.27. The summed E-state index contributed by atoms with van der Waals surface area (Å²) in [5.74, 6) is 3.17. The fourth-order valence-corrected chi connectivity index (χ4v) is 6.61. The van der Waals surface area contributed by atoms with Crippen molar-refractivity contribution in [1.29, 1.82) is 0 Å². The molecule has 18 heavy (non-hydrogen) atoms. The topological polar surface area (TPSA) is 26.0 Å². The lowest BCUT2D eigenvalue weighted by molar-refractivity contribution is -0.102. The third kappa shape index (κ3) is 1.62. The van der Waals surface area contributed by atoms with E-state index in [-0.39, 0.29) is 5.54 Å². The Labute approximate surface area is 112 Å². The summed E-state index contributed by atoms with van der Waals surface area (Å²) in [6, 6.07) is 0. The van der Waals surface area contributed by atoms with Gasteiger partial charge < -0.3 is 5.73 Å². The molecule has 0 saturated heterocycles. The van der Waals surface area contributed by atoms with Crippen LogP contribution in [0.2, 0.25) is 0 Å². The largest absolute Gasteiger partial charge is 0.325 e. The molecule has 0 aromatic heterocycles. The van der Waals surface area contributed by atoms with E-state index < -0.39 is 0 Å². The Bertz CT molecular complexity index is 289. The molecule has 2 N–H and O–H groups in total. The summed E-state index contributed by atoms with van der Waals surface area (Å²) in [5.41, 5.74) is 7.86. The van der Waals surface area contributed by atoms with Gasteiger partial charge in [-0.2, -0.15) is 0 Å². The zero-order valence-electron chi connectivity index (χ0n) is 11.8. The van der Waals surface area contributed by atoms with Crippen molar-refractivity contribution in [3.8, 4) is 0 Å². The van der Waals surface area contributed by atoms with E-state index in [1.807, 2.05) is 0 Å². The molecule has 0 aromatic rings. The molecule has 5 saturated carbocycles. The van der Waals surface area contributed by atoms with Crippen LogP contribution in [-0.4, -0.2) is 5.54 Å². The van der Waals surface area contributed by atoms with Gasteiger partial charge in [-0.1, -0.05) is 25.7 Å². The Kier molecular flexibility index (Phi) is 2.60. The number of hydrogen-bond acceptors (Lipinski definition) is 1. The van der Waals surface area contributed by atoms with Gasteiger partial charge in [0.2, 0.25) is 0 Å². The van der Waals surface area contributed by atoms with Crippen LogP contribution >= 0.6 is 0 Å². The fourth-order valence-electron chi connectivity index (χ4n) is 6.61. The summed E-state index contributed by atoms with van der Waals surface area (Å²) in [6.07, 6.45) is 17.5. The molecule has 0 amide bonds. The van der Waals surface area contributed by atoms with Gasteiger partial charge in [0.25, 0.3) is 0 Å². The molecule has 5 aliphatic carbocycles. The summed E-state index contributed by atoms with van der Waals surface area (Å²) < 4.78 is 0. The van der Waals surface area contributed by atoms with E-state index in [9.17, 15) is 0 Å². The Hall–Kier alpha value is -0.0400. The summed E-state index contributed by atoms with van der Waals surface area (Å²) in [6.45, 7) is 0. The van der Waals surface area contributed by atoms with Gasteiger partial charge in [0.1, 0.15) is 0 Å². The van der Waals surface area contributed by atoms with Gasteiger partial charge in [0.15, 0.2) is 0 Å². The molecule has 0 aromatic carbocycles. The quantitative estimate of drug-likeness (QED) is 0.689. The molecule has 0 aliphatic heterocycles. The molecule has 0 radical (unpaired) electrons. The second-order valence-electron chi connectivity index (χ2n) is 8.27. The summed E-state index contributed by atoms with van der Waals surface area (Å²) in [7, 11) is 0. The first-order valence-corrected chi connectivity index (χ1v) is 8.48. The maximum atomic E-state index is 7.06. The Morgan fingerprint density at radius 1 is 0.667 bits per heavy atom. The highest BCUT2D eigenvalue weighted by molar-refractivity contribution is 5.12. The molecule has 5 rings (SSSR count). The molecule has 0 unspecified atom stereocenters. The SMILES string of the molecule is NC1(C23CC4CC(CC(C4)C2)C3)CCCCCC1. The maximum Gasteiger partial charge on any atom is 0.0211 e. The van der Waals surface area contributed by atoms with Crippen LogP contribution in [-0.2, 0) is 0 Å². The maximum absolute atomic E-state index is 7.06. The molecule has 0 atom stereocenters. The average molecular weight is 247 g/mol. The molecule has 1 nitrogen and oxygen atoms in total. The van der Waals surface area contributed by atoms with E-state index in [1.54, 1.807) is 19.3 Å². The van der Waals surface area contributed by atoms with E-state index in [1.165, 1.54) is 57.8 Å². The Morgan fingerprint density at radius 3 is 1.56 bits per heavy atom. The average Bonchev–Trinajstić information content (AvgIpc) is 2.53. The highest BCUT2D eigenvalue weighted by atomic mass is 14.8. The van der Waals surface area contributed by atoms with Crippen LogP contribution in [0.3, 0.4) is 0 Å². The van der Waals surface area contributed by atoms with Crippen molar-refractivity contribution >= 4 is 0 Å². The van der Waals surface area contributed by atoms with Gasteiger partial charge in [-0.15, -0.1) is 0 Å². The second kappa shape index (κ2) is 3.98. The lowest BCUT2D eigenvalue weighted by atomic mass is 9.44. The smallest absolute Gasteiger partial charge is 0.0211 e. The highest BCUT2D eigenvalue weighted by Crippen LogP contribution is 2.64. The number of hydrogen-bond donors (Lipinski definition) is 1. The fraction of sp³-hybridized carbons (Fsp3) is 1.00. The van der Waals surface area contributed by atoms with Crippen LogP contribution in [0.25, 0.3) is 0 Å². The van der Waals surface area contributed by atoms with Gasteiger partial charge in [-0.05, 0) is 74.5 Å². The molecular weight excluding hydrogens is 218 g/mol. The molecule has 1 heteroatoms. The molecule has 4 bridgehead atoms. The first-order chi connectivity index (χ1) is 8.69. The lowest BCUT2D eigenvalue weighted by Crippen LogP contribution is -2.62. The van der Waals surface area contributed by atoms with Gasteiger partial charge >= 0.3 is 0 Å². The van der Waals surface area contributed by atoms with Crippen molar-refractivity contribution in [2.75, 3.05) is 0 Å². The lowest BCUT2D eigenvalue weighted by Gasteiger charge is -2.63. The van der Waals surface area contributed by atoms with Gasteiger partial charge in [0, 0.05) is 5.54 Å². The van der Waals surface area contributed by atoms with E-state index in [0.29, 0.717) is 5.41 Å². The normalized spacial score (nSPS) is 50.2. The standard InChI is InChI=1S/C17H29N/c18-17(5-3-1-2-4-6-17)16-10-13-7-14(11-16)9-15(8-13)12-16/h13-15H,1-12,18H2. The minimum absolute atomic E-state index is 0.222. The molecule has 102 valence electrons. The molecule has 0 spiro atoms. The van der Waals surface area contributed by atoms with Gasteiger partial charge in [0.05, 0.1) is 0 Å². The Morgan fingerprint density at radius 2 is 1.11 bits per heavy atom.